The fraction of sp³-hybridized carbons (Fsp3) is 0.400. The first-order chi connectivity index (χ1) is 7.90. The second-order valence-electron chi connectivity index (χ2n) is 3.48. The van der Waals surface area contributed by atoms with Gasteiger partial charge in [-0.25, -0.2) is 13.1 Å². The molecular formula is C10H13BrClNO3S. The summed E-state index contributed by atoms with van der Waals surface area (Å²) in [6.07, 6.45) is 0.518. The summed E-state index contributed by atoms with van der Waals surface area (Å²) in [6.45, 7) is 1.56. The van der Waals surface area contributed by atoms with Crippen molar-refractivity contribution < 1.29 is 13.5 Å². The minimum absolute atomic E-state index is 0.112. The Morgan fingerprint density at radius 2 is 2.18 bits per heavy atom. The molecule has 0 aromatic heterocycles. The summed E-state index contributed by atoms with van der Waals surface area (Å²) >= 11 is 8.95. The standard InChI is InChI=1S/C10H13BrClNO3S/c1-2-7(6-14)13-17(15,16)8-3-4-10(12)9(11)5-8/h3-5,7,13-14H,2,6H2,1H3/t7-/m0/s1. The quantitative estimate of drug-likeness (QED) is 0.861. The summed E-state index contributed by atoms with van der Waals surface area (Å²) < 4.78 is 26.8. The lowest BCUT2D eigenvalue weighted by Gasteiger charge is -2.14. The lowest BCUT2D eigenvalue weighted by atomic mass is 10.3. The Morgan fingerprint density at radius 1 is 1.53 bits per heavy atom. The van der Waals surface area contributed by atoms with E-state index in [0.717, 1.165) is 0 Å². The molecule has 17 heavy (non-hydrogen) atoms. The van der Waals surface area contributed by atoms with Crippen LogP contribution in [0.2, 0.25) is 5.02 Å². The first kappa shape index (κ1) is 14.9. The SMILES string of the molecule is CC[C@@H](CO)NS(=O)(=O)c1ccc(Cl)c(Br)c1. The number of halogens is 2. The molecule has 0 aliphatic rings. The van der Waals surface area contributed by atoms with Gasteiger partial charge in [0.05, 0.1) is 16.5 Å². The van der Waals surface area contributed by atoms with Gasteiger partial charge in [0.25, 0.3) is 0 Å². The first-order valence-electron chi connectivity index (χ1n) is 4.99. The molecule has 1 aromatic carbocycles. The Bertz CT molecular complexity index is 488. The number of benzene rings is 1. The Hall–Kier alpha value is -0.140. The van der Waals surface area contributed by atoms with E-state index < -0.39 is 16.1 Å². The molecule has 1 aromatic rings. The van der Waals surface area contributed by atoms with Crippen molar-refractivity contribution >= 4 is 37.6 Å². The van der Waals surface area contributed by atoms with Crippen molar-refractivity contribution in [3.8, 4) is 0 Å². The highest BCUT2D eigenvalue weighted by Gasteiger charge is 2.19. The van der Waals surface area contributed by atoms with E-state index in [-0.39, 0.29) is 11.5 Å². The van der Waals surface area contributed by atoms with Crippen LogP contribution in [0.15, 0.2) is 27.6 Å². The van der Waals surface area contributed by atoms with Gasteiger partial charge >= 0.3 is 0 Å². The maximum absolute atomic E-state index is 11.9. The molecule has 1 rings (SSSR count). The Labute approximate surface area is 114 Å². The zero-order valence-corrected chi connectivity index (χ0v) is 12.3. The zero-order valence-electron chi connectivity index (χ0n) is 9.15. The smallest absolute Gasteiger partial charge is 0.240 e. The van der Waals surface area contributed by atoms with Crippen molar-refractivity contribution in [2.24, 2.45) is 0 Å². The molecule has 0 fully saturated rings. The van der Waals surface area contributed by atoms with E-state index >= 15 is 0 Å². The third-order valence-electron chi connectivity index (χ3n) is 2.24. The number of aliphatic hydroxyl groups excluding tert-OH is 1. The van der Waals surface area contributed by atoms with Gasteiger partial charge in [-0.15, -0.1) is 0 Å². The Balaban J connectivity index is 3.01. The largest absolute Gasteiger partial charge is 0.395 e. The highest BCUT2D eigenvalue weighted by Crippen LogP contribution is 2.25. The van der Waals surface area contributed by atoms with Crippen LogP contribution in [0.5, 0.6) is 0 Å². The van der Waals surface area contributed by atoms with E-state index in [4.69, 9.17) is 16.7 Å². The van der Waals surface area contributed by atoms with Crippen molar-refractivity contribution in [3.63, 3.8) is 0 Å². The number of hydrogen-bond donors (Lipinski definition) is 2. The molecule has 0 saturated carbocycles. The lowest BCUT2D eigenvalue weighted by Crippen LogP contribution is -2.36. The Morgan fingerprint density at radius 3 is 2.65 bits per heavy atom. The number of sulfonamides is 1. The summed E-state index contributed by atoms with van der Waals surface area (Å²) in [5, 5.41) is 9.42. The van der Waals surface area contributed by atoms with Crippen molar-refractivity contribution in [2.75, 3.05) is 6.61 Å². The molecule has 96 valence electrons. The molecule has 0 saturated heterocycles. The number of nitrogens with one attached hydrogen (secondary N) is 1. The fourth-order valence-corrected chi connectivity index (χ4v) is 3.17. The summed E-state index contributed by atoms with van der Waals surface area (Å²) in [5.41, 5.74) is 0. The molecule has 0 bridgehead atoms. The predicted octanol–water partition coefficient (Wildman–Crippen LogP) is 2.15. The van der Waals surface area contributed by atoms with Crippen LogP contribution in [-0.4, -0.2) is 26.2 Å². The third kappa shape index (κ3) is 3.93. The summed E-state index contributed by atoms with van der Waals surface area (Å²) in [7, 11) is -3.62. The Kier molecular flexibility index (Phi) is 5.40. The monoisotopic (exact) mass is 341 g/mol. The van der Waals surface area contributed by atoms with Crippen molar-refractivity contribution in [1.82, 2.24) is 4.72 Å². The van der Waals surface area contributed by atoms with Gasteiger partial charge in [-0.2, -0.15) is 0 Å². The van der Waals surface area contributed by atoms with Gasteiger partial charge < -0.3 is 5.11 Å². The van der Waals surface area contributed by atoms with Crippen molar-refractivity contribution in [3.05, 3.63) is 27.7 Å². The summed E-state index contributed by atoms with van der Waals surface area (Å²) in [6, 6.07) is 3.86. The fourth-order valence-electron chi connectivity index (χ4n) is 1.18. The highest BCUT2D eigenvalue weighted by molar-refractivity contribution is 9.10. The van der Waals surface area contributed by atoms with E-state index in [2.05, 4.69) is 20.7 Å². The van der Waals surface area contributed by atoms with Gasteiger partial charge in [-0.05, 0) is 40.5 Å². The molecule has 0 radical (unpaired) electrons. The molecule has 1 atom stereocenters. The van der Waals surface area contributed by atoms with Gasteiger partial charge in [-0.3, -0.25) is 0 Å². The molecule has 0 aliphatic heterocycles. The van der Waals surface area contributed by atoms with Crippen LogP contribution >= 0.6 is 27.5 Å². The van der Waals surface area contributed by atoms with Gasteiger partial charge in [0.15, 0.2) is 0 Å². The molecule has 4 nitrogen and oxygen atoms in total. The van der Waals surface area contributed by atoms with Crippen LogP contribution in [0.1, 0.15) is 13.3 Å². The van der Waals surface area contributed by atoms with Crippen LogP contribution in [0.25, 0.3) is 0 Å². The zero-order chi connectivity index (χ0) is 13.1. The molecule has 7 heteroatoms. The van der Waals surface area contributed by atoms with Gasteiger partial charge in [0.1, 0.15) is 0 Å². The average molecular weight is 343 g/mol. The molecule has 0 spiro atoms. The molecule has 0 amide bonds. The van der Waals surface area contributed by atoms with Crippen LogP contribution in [0.3, 0.4) is 0 Å². The van der Waals surface area contributed by atoms with E-state index in [0.29, 0.717) is 15.9 Å². The third-order valence-corrected chi connectivity index (χ3v) is 4.97. The average Bonchev–Trinajstić information content (AvgIpc) is 2.29. The highest BCUT2D eigenvalue weighted by atomic mass is 79.9. The van der Waals surface area contributed by atoms with Crippen molar-refractivity contribution in [2.45, 2.75) is 24.3 Å². The van der Waals surface area contributed by atoms with E-state index in [1.54, 1.807) is 6.92 Å². The van der Waals surface area contributed by atoms with E-state index in [9.17, 15) is 8.42 Å². The molecule has 2 N–H and O–H groups in total. The summed E-state index contributed by atoms with van der Waals surface area (Å²) in [4.78, 5) is 0.112. The minimum atomic E-state index is -3.62. The van der Waals surface area contributed by atoms with Crippen LogP contribution in [0, 0.1) is 0 Å². The number of hydrogen-bond acceptors (Lipinski definition) is 3. The predicted molar refractivity (Wildman–Crippen MR) is 70.6 cm³/mol. The number of rotatable bonds is 5. The number of aliphatic hydroxyl groups is 1. The van der Waals surface area contributed by atoms with Crippen LogP contribution < -0.4 is 4.72 Å². The summed E-state index contributed by atoms with van der Waals surface area (Å²) in [5.74, 6) is 0. The van der Waals surface area contributed by atoms with Crippen LogP contribution in [0.4, 0.5) is 0 Å². The van der Waals surface area contributed by atoms with E-state index in [1.165, 1.54) is 18.2 Å². The minimum Gasteiger partial charge on any atom is -0.395 e. The maximum atomic E-state index is 11.9. The second kappa shape index (κ2) is 6.15. The topological polar surface area (TPSA) is 66.4 Å². The molecule has 0 unspecified atom stereocenters. The maximum Gasteiger partial charge on any atom is 0.240 e. The van der Waals surface area contributed by atoms with Crippen molar-refractivity contribution in [1.29, 1.82) is 0 Å². The second-order valence-corrected chi connectivity index (χ2v) is 6.46. The lowest BCUT2D eigenvalue weighted by molar-refractivity contribution is 0.254. The first-order valence-corrected chi connectivity index (χ1v) is 7.64. The van der Waals surface area contributed by atoms with Gasteiger partial charge in [0, 0.05) is 10.5 Å². The van der Waals surface area contributed by atoms with Crippen LogP contribution in [-0.2, 0) is 10.0 Å². The normalized spacial score (nSPS) is 13.6. The van der Waals surface area contributed by atoms with Gasteiger partial charge in [-0.1, -0.05) is 18.5 Å². The molecule has 0 heterocycles. The van der Waals surface area contributed by atoms with Gasteiger partial charge in [0.2, 0.25) is 10.0 Å². The van der Waals surface area contributed by atoms with E-state index in [1.807, 2.05) is 0 Å². The molecular weight excluding hydrogens is 330 g/mol. The molecule has 0 aliphatic carbocycles.